The van der Waals surface area contributed by atoms with Crippen LogP contribution in [0.25, 0.3) is 0 Å². The number of hydrogen-bond acceptors (Lipinski definition) is 7. The molecular weight excluding hydrogens is 422 g/mol. The lowest BCUT2D eigenvalue weighted by molar-refractivity contribution is -0.384. The molecule has 1 aliphatic heterocycles. The smallest absolute Gasteiger partial charge is 0.336 e. The number of nitrogen functional groups attached to an aromatic ring is 1. The summed E-state index contributed by atoms with van der Waals surface area (Å²) in [5.74, 6) is -4.04. The maximum atomic E-state index is 14.2. The molecule has 2 aliphatic rings. The minimum Gasteiger partial charge on any atom is -0.463 e. The van der Waals surface area contributed by atoms with Crippen LogP contribution in [-0.4, -0.2) is 28.4 Å². The van der Waals surface area contributed by atoms with Crippen LogP contribution in [0.5, 0.6) is 0 Å². The molecule has 1 aromatic heterocycles. The average molecular weight is 444 g/mol. The van der Waals surface area contributed by atoms with Crippen LogP contribution in [0.4, 0.5) is 26.0 Å². The number of anilines is 2. The van der Waals surface area contributed by atoms with Crippen molar-refractivity contribution in [2.75, 3.05) is 17.7 Å². The number of aromatic nitrogens is 1. The summed E-state index contributed by atoms with van der Waals surface area (Å²) in [6.07, 6.45) is -0.785. The fourth-order valence-corrected chi connectivity index (χ4v) is 4.38. The third-order valence-electron chi connectivity index (χ3n) is 5.83. The van der Waals surface area contributed by atoms with E-state index in [1.807, 2.05) is 0 Å². The number of alkyl halides is 2. The number of carbonyl (C=O) groups is 1. The molecule has 0 bridgehead atoms. The molecule has 10 heteroatoms. The van der Waals surface area contributed by atoms with Gasteiger partial charge in [0.15, 0.2) is 0 Å². The van der Waals surface area contributed by atoms with Crippen LogP contribution in [-0.2, 0) is 22.4 Å². The highest BCUT2D eigenvalue weighted by Gasteiger charge is 2.41. The number of aryl methyl sites for hydroxylation is 1. The van der Waals surface area contributed by atoms with Crippen molar-refractivity contribution in [3.05, 3.63) is 68.0 Å². The van der Waals surface area contributed by atoms with E-state index in [0.29, 0.717) is 28.3 Å². The average Bonchev–Trinajstić information content (AvgIpc) is 2.73. The van der Waals surface area contributed by atoms with Crippen LogP contribution < -0.4 is 11.1 Å². The zero-order chi connectivity index (χ0) is 23.2. The first-order valence-electron chi connectivity index (χ1n) is 10.2. The lowest BCUT2D eigenvalue weighted by Gasteiger charge is -2.34. The molecule has 0 amide bonds. The van der Waals surface area contributed by atoms with Crippen molar-refractivity contribution >= 4 is 23.2 Å². The highest BCUT2D eigenvalue weighted by Crippen LogP contribution is 2.48. The molecule has 1 aliphatic carbocycles. The molecule has 32 heavy (non-hydrogen) atoms. The van der Waals surface area contributed by atoms with E-state index >= 15 is 0 Å². The number of nitro groups is 1. The number of esters is 1. The largest absolute Gasteiger partial charge is 0.463 e. The summed E-state index contributed by atoms with van der Waals surface area (Å²) < 4.78 is 33.6. The fourth-order valence-electron chi connectivity index (χ4n) is 4.38. The van der Waals surface area contributed by atoms with Gasteiger partial charge < -0.3 is 15.8 Å². The fraction of sp³-hybridized carbons (Fsp3) is 0.364. The standard InChI is InChI=1S/C22H22F2N4O4/c1-3-32-21(29)16-11(2)26-20-18(17(16)12-5-4-6-13(9-12)28(30)31)19(25)14-10-22(23,24)8-7-15(14)27-20/h4-6,9,17H,3,7-8,10H2,1-2H3,(H3,25,26,27). The van der Waals surface area contributed by atoms with Crippen LogP contribution in [0, 0.1) is 10.1 Å². The quantitative estimate of drug-likeness (QED) is 0.414. The topological polar surface area (TPSA) is 120 Å². The second-order valence-corrected chi connectivity index (χ2v) is 7.91. The zero-order valence-electron chi connectivity index (χ0n) is 17.6. The number of ether oxygens (including phenoxy) is 1. The molecule has 0 saturated carbocycles. The Bertz CT molecular complexity index is 1160. The second kappa shape index (κ2) is 7.85. The first-order valence-corrected chi connectivity index (χ1v) is 10.2. The lowest BCUT2D eigenvalue weighted by atomic mass is 9.78. The number of nitrogens with zero attached hydrogens (tertiary/aromatic N) is 2. The van der Waals surface area contributed by atoms with Gasteiger partial charge in [-0.05, 0) is 25.8 Å². The van der Waals surface area contributed by atoms with E-state index in [9.17, 15) is 23.7 Å². The molecule has 0 saturated heterocycles. The van der Waals surface area contributed by atoms with E-state index in [4.69, 9.17) is 10.5 Å². The Labute approximate surface area is 182 Å². The number of nitrogens with one attached hydrogen (secondary N) is 1. The van der Waals surface area contributed by atoms with E-state index in [1.54, 1.807) is 19.9 Å². The summed E-state index contributed by atoms with van der Waals surface area (Å²) in [7, 11) is 0. The lowest BCUT2D eigenvalue weighted by Crippen LogP contribution is -2.31. The summed E-state index contributed by atoms with van der Waals surface area (Å²) in [5, 5.41) is 14.4. The number of nitro benzene ring substituents is 1. The molecule has 8 nitrogen and oxygen atoms in total. The second-order valence-electron chi connectivity index (χ2n) is 7.91. The Morgan fingerprint density at radius 3 is 2.88 bits per heavy atom. The highest BCUT2D eigenvalue weighted by molar-refractivity contribution is 5.95. The minimum atomic E-state index is -2.91. The van der Waals surface area contributed by atoms with Crippen LogP contribution in [0.2, 0.25) is 0 Å². The number of non-ortho nitro benzene ring substituents is 1. The molecule has 2 aromatic rings. The first kappa shape index (κ1) is 21.7. The molecule has 0 spiro atoms. The number of pyridine rings is 1. The molecule has 1 aromatic carbocycles. The van der Waals surface area contributed by atoms with Gasteiger partial charge in [0.05, 0.1) is 17.1 Å². The summed E-state index contributed by atoms with van der Waals surface area (Å²) >= 11 is 0. The Balaban J connectivity index is 1.97. The summed E-state index contributed by atoms with van der Waals surface area (Å²) in [6.45, 7) is 3.45. The molecule has 0 fully saturated rings. The Morgan fingerprint density at radius 2 is 2.19 bits per heavy atom. The minimum absolute atomic E-state index is 0.0798. The predicted octanol–water partition coefficient (Wildman–Crippen LogP) is 4.09. The monoisotopic (exact) mass is 444 g/mol. The number of hydrogen-bond donors (Lipinski definition) is 2. The number of allylic oxidation sites excluding steroid dienone is 1. The van der Waals surface area contributed by atoms with Gasteiger partial charge in [-0.25, -0.2) is 18.6 Å². The molecule has 1 atom stereocenters. The van der Waals surface area contributed by atoms with Gasteiger partial charge in [-0.15, -0.1) is 0 Å². The van der Waals surface area contributed by atoms with Crippen molar-refractivity contribution in [1.29, 1.82) is 0 Å². The van der Waals surface area contributed by atoms with E-state index in [2.05, 4.69) is 10.3 Å². The number of nitrogens with two attached hydrogens (primary N) is 1. The van der Waals surface area contributed by atoms with Gasteiger partial charge in [-0.3, -0.25) is 10.1 Å². The number of carbonyl (C=O) groups excluding carboxylic acids is 1. The van der Waals surface area contributed by atoms with Crippen molar-refractivity contribution in [3.63, 3.8) is 0 Å². The number of fused-ring (bicyclic) bond motifs is 2. The van der Waals surface area contributed by atoms with Gasteiger partial charge in [0.2, 0.25) is 0 Å². The Morgan fingerprint density at radius 1 is 1.44 bits per heavy atom. The zero-order valence-corrected chi connectivity index (χ0v) is 17.6. The van der Waals surface area contributed by atoms with Crippen molar-refractivity contribution < 1.29 is 23.2 Å². The van der Waals surface area contributed by atoms with Crippen molar-refractivity contribution in [2.24, 2.45) is 0 Å². The van der Waals surface area contributed by atoms with Crippen LogP contribution in [0.15, 0.2) is 35.5 Å². The van der Waals surface area contributed by atoms with Crippen molar-refractivity contribution in [1.82, 2.24) is 4.98 Å². The first-order chi connectivity index (χ1) is 15.1. The van der Waals surface area contributed by atoms with Crippen LogP contribution in [0.3, 0.4) is 0 Å². The van der Waals surface area contributed by atoms with Gasteiger partial charge >= 0.3 is 5.97 Å². The number of rotatable bonds is 4. The Kier molecular flexibility index (Phi) is 5.31. The van der Waals surface area contributed by atoms with Crippen molar-refractivity contribution in [3.8, 4) is 0 Å². The number of halogens is 2. The van der Waals surface area contributed by atoms with E-state index in [-0.39, 0.29) is 42.0 Å². The van der Waals surface area contributed by atoms with E-state index < -0.39 is 29.2 Å². The molecule has 4 rings (SSSR count). The third kappa shape index (κ3) is 3.65. The summed E-state index contributed by atoms with van der Waals surface area (Å²) in [6, 6.07) is 5.82. The summed E-state index contributed by atoms with van der Waals surface area (Å²) in [5.41, 5.74) is 8.54. The maximum absolute atomic E-state index is 14.2. The molecule has 2 heterocycles. The Hall–Kier alpha value is -3.56. The molecule has 1 unspecified atom stereocenters. The van der Waals surface area contributed by atoms with Gasteiger partial charge in [-0.2, -0.15) is 0 Å². The van der Waals surface area contributed by atoms with Gasteiger partial charge in [0.1, 0.15) is 5.82 Å². The normalized spacial score (nSPS) is 18.9. The SMILES string of the molecule is CCOC(=O)C1=C(C)Nc2nc3c(c(N)c2C1c1cccc([N+](=O)[O-])c1)CC(F)(F)CC3. The molecule has 3 N–H and O–H groups in total. The van der Waals surface area contributed by atoms with Gasteiger partial charge in [0, 0.05) is 59.1 Å². The molecular formula is C22H22F2N4O4. The number of benzene rings is 1. The predicted molar refractivity (Wildman–Crippen MR) is 114 cm³/mol. The third-order valence-corrected chi connectivity index (χ3v) is 5.83. The summed E-state index contributed by atoms with van der Waals surface area (Å²) in [4.78, 5) is 28.3. The van der Waals surface area contributed by atoms with E-state index in [0.717, 1.165) is 0 Å². The van der Waals surface area contributed by atoms with Crippen LogP contribution >= 0.6 is 0 Å². The van der Waals surface area contributed by atoms with Gasteiger partial charge in [-0.1, -0.05) is 12.1 Å². The van der Waals surface area contributed by atoms with Gasteiger partial charge in [0.25, 0.3) is 11.6 Å². The van der Waals surface area contributed by atoms with Crippen molar-refractivity contribution in [2.45, 2.75) is 45.0 Å². The van der Waals surface area contributed by atoms with E-state index in [1.165, 1.54) is 18.2 Å². The molecule has 168 valence electrons. The highest BCUT2D eigenvalue weighted by atomic mass is 19.3. The maximum Gasteiger partial charge on any atom is 0.336 e. The van der Waals surface area contributed by atoms with Crippen LogP contribution in [0.1, 0.15) is 48.6 Å². The molecule has 0 radical (unpaired) electrons.